The lowest BCUT2D eigenvalue weighted by Crippen LogP contribution is -2.44. The van der Waals surface area contributed by atoms with Gasteiger partial charge in [-0.25, -0.2) is 0 Å². The molecule has 0 N–H and O–H groups in total. The summed E-state index contributed by atoms with van der Waals surface area (Å²) in [5, 5.41) is 0.339. The molecule has 2 aromatic carbocycles. The number of nitrogens with zero attached hydrogens (tertiary/aromatic N) is 1. The highest BCUT2D eigenvalue weighted by Crippen LogP contribution is 2.37. The van der Waals surface area contributed by atoms with Crippen molar-refractivity contribution in [2.45, 2.75) is 51.1 Å². The molecule has 0 bridgehead atoms. The summed E-state index contributed by atoms with van der Waals surface area (Å²) in [6.07, 6.45) is 2.99. The Bertz CT molecular complexity index is 1180. The van der Waals surface area contributed by atoms with Crippen LogP contribution in [-0.2, 0) is 23.9 Å². The molecule has 0 saturated carbocycles. The summed E-state index contributed by atoms with van der Waals surface area (Å²) in [7, 11) is -6.23. The van der Waals surface area contributed by atoms with Crippen molar-refractivity contribution < 1.29 is 44.9 Å². The quantitative estimate of drug-likeness (QED) is 0.225. The van der Waals surface area contributed by atoms with E-state index in [4.69, 9.17) is 9.47 Å². The fraction of sp³-hybridized carbons (Fsp3) is 0.478. The van der Waals surface area contributed by atoms with Gasteiger partial charge in [-0.1, -0.05) is 44.9 Å². The standard InChI is InChI=1S/C23H26F3NO7S/c1-3-5-12-32-13-14-33-19(7-4-2)15-10-11-18-20-16(15)8-6-9-17(20)21(28)27(22(18)29)34-35(30,31)23(24,25)26/h6,8-11,19H,3-5,7,12-14H2,1-2H3. The third-order valence-electron chi connectivity index (χ3n) is 5.45. The summed E-state index contributed by atoms with van der Waals surface area (Å²) >= 11 is 0. The van der Waals surface area contributed by atoms with Crippen molar-refractivity contribution >= 4 is 32.7 Å². The molecule has 3 rings (SSSR count). The first kappa shape index (κ1) is 27.1. The van der Waals surface area contributed by atoms with Gasteiger partial charge in [0.05, 0.1) is 30.4 Å². The number of hydroxylamine groups is 2. The molecule has 1 aliphatic heterocycles. The van der Waals surface area contributed by atoms with Crippen LogP contribution in [0.15, 0.2) is 30.3 Å². The Morgan fingerprint density at radius 1 is 0.943 bits per heavy atom. The third kappa shape index (κ3) is 5.66. The highest BCUT2D eigenvalue weighted by atomic mass is 32.2. The maximum Gasteiger partial charge on any atom is 0.525 e. The van der Waals surface area contributed by atoms with Crippen molar-refractivity contribution in [3.05, 3.63) is 47.0 Å². The van der Waals surface area contributed by atoms with Crippen LogP contribution >= 0.6 is 0 Å². The van der Waals surface area contributed by atoms with Gasteiger partial charge in [0.15, 0.2) is 0 Å². The average Bonchev–Trinajstić information content (AvgIpc) is 2.80. The second kappa shape index (κ2) is 11.0. The first-order chi connectivity index (χ1) is 16.5. The summed E-state index contributed by atoms with van der Waals surface area (Å²) in [6.45, 7) is 5.39. The normalized spacial score (nSPS) is 15.2. The molecular formula is C23H26F3NO7S. The lowest BCUT2D eigenvalue weighted by Gasteiger charge is -2.27. The first-order valence-corrected chi connectivity index (χ1v) is 12.6. The third-order valence-corrected chi connectivity index (χ3v) is 6.36. The Balaban J connectivity index is 1.95. The maximum atomic E-state index is 12.8. The van der Waals surface area contributed by atoms with E-state index < -0.39 is 27.4 Å². The fourth-order valence-electron chi connectivity index (χ4n) is 3.77. The number of halogens is 3. The molecule has 0 saturated heterocycles. The second-order valence-electron chi connectivity index (χ2n) is 7.92. The van der Waals surface area contributed by atoms with Crippen LogP contribution in [0.4, 0.5) is 13.2 Å². The van der Waals surface area contributed by atoms with Crippen LogP contribution in [0.25, 0.3) is 10.8 Å². The number of carbonyl (C=O) groups is 2. The smallest absolute Gasteiger partial charge is 0.379 e. The molecule has 2 amide bonds. The number of carbonyl (C=O) groups excluding carboxylic acids is 2. The van der Waals surface area contributed by atoms with Gasteiger partial charge in [-0.2, -0.15) is 21.6 Å². The van der Waals surface area contributed by atoms with E-state index in [-0.39, 0.29) is 27.7 Å². The van der Waals surface area contributed by atoms with Crippen LogP contribution in [0, 0.1) is 0 Å². The van der Waals surface area contributed by atoms with E-state index in [0.717, 1.165) is 19.3 Å². The average molecular weight is 518 g/mol. The van der Waals surface area contributed by atoms with E-state index in [2.05, 4.69) is 11.2 Å². The van der Waals surface area contributed by atoms with Crippen LogP contribution in [0.5, 0.6) is 0 Å². The van der Waals surface area contributed by atoms with Gasteiger partial charge >= 0.3 is 15.6 Å². The van der Waals surface area contributed by atoms with Gasteiger partial charge in [0, 0.05) is 12.0 Å². The van der Waals surface area contributed by atoms with E-state index in [1.54, 1.807) is 12.1 Å². The van der Waals surface area contributed by atoms with Crippen molar-refractivity contribution in [1.29, 1.82) is 0 Å². The number of ether oxygens (including phenoxy) is 2. The lowest BCUT2D eigenvalue weighted by molar-refractivity contribution is -0.0761. The van der Waals surface area contributed by atoms with Crippen LogP contribution in [0.3, 0.4) is 0 Å². The zero-order valence-electron chi connectivity index (χ0n) is 19.3. The van der Waals surface area contributed by atoms with Crippen LogP contribution in [0.1, 0.15) is 71.9 Å². The Morgan fingerprint density at radius 2 is 1.63 bits per heavy atom. The van der Waals surface area contributed by atoms with Gasteiger partial charge in [-0.3, -0.25) is 9.59 Å². The van der Waals surface area contributed by atoms with E-state index in [1.165, 1.54) is 18.2 Å². The Kier molecular flexibility index (Phi) is 8.52. The number of imide groups is 1. The SMILES string of the molecule is CCCCOCCOC(CCC)c1ccc2c3c(cccc13)C(=O)N(OS(=O)(=O)C(F)(F)F)C2=O. The van der Waals surface area contributed by atoms with Gasteiger partial charge in [0.1, 0.15) is 0 Å². The summed E-state index contributed by atoms with van der Waals surface area (Å²) in [6, 6.07) is 7.37. The minimum atomic E-state index is -6.23. The predicted molar refractivity (Wildman–Crippen MR) is 120 cm³/mol. The highest BCUT2D eigenvalue weighted by molar-refractivity contribution is 7.87. The van der Waals surface area contributed by atoms with Crippen molar-refractivity contribution in [3.63, 3.8) is 0 Å². The number of rotatable bonds is 12. The number of benzene rings is 2. The van der Waals surface area contributed by atoms with Gasteiger partial charge in [-0.15, -0.1) is 9.35 Å². The first-order valence-electron chi connectivity index (χ1n) is 11.2. The zero-order chi connectivity index (χ0) is 25.8. The molecule has 1 heterocycles. The van der Waals surface area contributed by atoms with Crippen LogP contribution in [-0.4, -0.2) is 50.6 Å². The van der Waals surface area contributed by atoms with E-state index in [1.807, 2.05) is 6.92 Å². The van der Waals surface area contributed by atoms with Gasteiger partial charge in [-0.05, 0) is 35.9 Å². The number of unbranched alkanes of at least 4 members (excludes halogenated alkanes) is 1. The predicted octanol–water partition coefficient (Wildman–Crippen LogP) is 4.89. The van der Waals surface area contributed by atoms with Gasteiger partial charge in [0.2, 0.25) is 0 Å². The van der Waals surface area contributed by atoms with Crippen LogP contribution in [0.2, 0.25) is 0 Å². The largest absolute Gasteiger partial charge is 0.525 e. The number of alkyl halides is 3. The van der Waals surface area contributed by atoms with E-state index in [0.29, 0.717) is 37.2 Å². The maximum absolute atomic E-state index is 12.8. The molecule has 35 heavy (non-hydrogen) atoms. The Morgan fingerprint density at radius 3 is 2.26 bits per heavy atom. The molecule has 0 aromatic heterocycles. The number of hydrogen-bond acceptors (Lipinski definition) is 7. The molecule has 8 nitrogen and oxygen atoms in total. The number of amides is 2. The van der Waals surface area contributed by atoms with Crippen molar-refractivity contribution in [2.75, 3.05) is 19.8 Å². The van der Waals surface area contributed by atoms with Crippen LogP contribution < -0.4 is 0 Å². The molecule has 0 spiro atoms. The van der Waals surface area contributed by atoms with Gasteiger partial charge < -0.3 is 9.47 Å². The van der Waals surface area contributed by atoms with Gasteiger partial charge in [0.25, 0.3) is 11.8 Å². The molecule has 12 heteroatoms. The summed E-state index contributed by atoms with van der Waals surface area (Å²) in [5.41, 5.74) is -5.43. The Labute approximate surface area is 201 Å². The van der Waals surface area contributed by atoms with E-state index in [9.17, 15) is 31.2 Å². The monoisotopic (exact) mass is 517 g/mol. The molecular weight excluding hydrogens is 491 g/mol. The van der Waals surface area contributed by atoms with Crippen molar-refractivity contribution in [1.82, 2.24) is 5.06 Å². The zero-order valence-corrected chi connectivity index (χ0v) is 20.1. The highest BCUT2D eigenvalue weighted by Gasteiger charge is 2.51. The topological polar surface area (TPSA) is 99.2 Å². The molecule has 1 aliphatic rings. The second-order valence-corrected chi connectivity index (χ2v) is 9.44. The van der Waals surface area contributed by atoms with Crippen molar-refractivity contribution in [3.8, 4) is 0 Å². The van der Waals surface area contributed by atoms with E-state index >= 15 is 0 Å². The summed E-state index contributed by atoms with van der Waals surface area (Å²) in [4.78, 5) is 25.6. The summed E-state index contributed by atoms with van der Waals surface area (Å²) < 4.78 is 76.7. The molecule has 1 atom stereocenters. The lowest BCUT2D eigenvalue weighted by atomic mass is 9.89. The summed E-state index contributed by atoms with van der Waals surface area (Å²) in [5.74, 6) is -2.62. The molecule has 192 valence electrons. The minimum Gasteiger partial charge on any atom is -0.379 e. The molecule has 1 unspecified atom stereocenters. The Hall–Kier alpha value is -2.54. The molecule has 0 aliphatic carbocycles. The fourth-order valence-corrected chi connectivity index (χ4v) is 4.19. The molecule has 0 fully saturated rings. The molecule has 2 aromatic rings. The van der Waals surface area contributed by atoms with Crippen molar-refractivity contribution in [2.24, 2.45) is 0 Å². The minimum absolute atomic E-state index is 0.158. The number of hydrogen-bond donors (Lipinski definition) is 0. The molecule has 0 radical (unpaired) electrons.